The molecule has 2 N–H and O–H groups in total. The number of aryl methyl sites for hydroxylation is 1. The zero-order valence-electron chi connectivity index (χ0n) is 18.0. The molecule has 1 aromatic rings. The van der Waals surface area contributed by atoms with Crippen LogP contribution >= 0.6 is 35.3 Å². The van der Waals surface area contributed by atoms with E-state index in [1.165, 1.54) is 37.0 Å². The van der Waals surface area contributed by atoms with Crippen LogP contribution in [0, 0.1) is 6.92 Å². The topological polar surface area (TPSA) is 84.8 Å². The van der Waals surface area contributed by atoms with E-state index in [4.69, 9.17) is 9.47 Å². The lowest BCUT2D eigenvalue weighted by Gasteiger charge is -2.16. The molecule has 1 saturated carbocycles. The van der Waals surface area contributed by atoms with E-state index in [9.17, 15) is 4.79 Å². The molecule has 166 valence electrons. The first kappa shape index (κ1) is 26.1. The van der Waals surface area contributed by atoms with Crippen molar-refractivity contribution in [1.29, 1.82) is 0 Å². The predicted molar refractivity (Wildman–Crippen MR) is 129 cm³/mol. The monoisotopic (exact) mass is 538 g/mol. The number of nitrogens with zero attached hydrogens (tertiary/aromatic N) is 2. The molecular weight excluding hydrogens is 503 g/mol. The van der Waals surface area contributed by atoms with Crippen molar-refractivity contribution in [3.8, 4) is 0 Å². The van der Waals surface area contributed by atoms with E-state index < -0.39 is 0 Å². The second kappa shape index (κ2) is 14.1. The third-order valence-corrected chi connectivity index (χ3v) is 5.89. The van der Waals surface area contributed by atoms with Gasteiger partial charge in [-0.25, -0.2) is 9.78 Å². The van der Waals surface area contributed by atoms with Gasteiger partial charge in [-0.2, -0.15) is 0 Å². The number of carbonyl (C=O) groups excluding carboxylic acids is 1. The van der Waals surface area contributed by atoms with Crippen LogP contribution in [-0.4, -0.2) is 49.3 Å². The number of guanidine groups is 1. The smallest absolute Gasteiger partial charge is 0.350 e. The van der Waals surface area contributed by atoms with Crippen LogP contribution in [0.3, 0.4) is 0 Å². The maximum atomic E-state index is 12.0. The molecule has 2 rings (SSSR count). The zero-order valence-corrected chi connectivity index (χ0v) is 21.1. The average molecular weight is 538 g/mol. The highest BCUT2D eigenvalue weighted by molar-refractivity contribution is 14.0. The molecule has 7 nitrogen and oxygen atoms in total. The first-order valence-corrected chi connectivity index (χ1v) is 11.2. The van der Waals surface area contributed by atoms with Crippen molar-refractivity contribution in [1.82, 2.24) is 15.6 Å². The fourth-order valence-corrected chi connectivity index (χ4v) is 4.10. The summed E-state index contributed by atoms with van der Waals surface area (Å²) < 4.78 is 11.0. The minimum absolute atomic E-state index is 0. The van der Waals surface area contributed by atoms with E-state index in [2.05, 4.69) is 20.6 Å². The minimum atomic E-state index is -0.307. The molecule has 0 bridgehead atoms. The third kappa shape index (κ3) is 8.75. The summed E-state index contributed by atoms with van der Waals surface area (Å²) in [7, 11) is 0. The van der Waals surface area contributed by atoms with Gasteiger partial charge in [-0.1, -0.05) is 12.8 Å². The summed E-state index contributed by atoms with van der Waals surface area (Å²) in [6, 6.07) is -0.0561. The number of esters is 1. The molecule has 1 fully saturated rings. The van der Waals surface area contributed by atoms with Crippen LogP contribution in [0.5, 0.6) is 0 Å². The number of hydrogen-bond donors (Lipinski definition) is 2. The maximum Gasteiger partial charge on any atom is 0.350 e. The van der Waals surface area contributed by atoms with Crippen LogP contribution in [0.4, 0.5) is 0 Å². The van der Waals surface area contributed by atoms with Crippen LogP contribution in [0.2, 0.25) is 0 Å². The maximum absolute atomic E-state index is 12.0. The van der Waals surface area contributed by atoms with E-state index >= 15 is 0 Å². The van der Waals surface area contributed by atoms with Crippen molar-refractivity contribution in [2.75, 3.05) is 26.3 Å². The lowest BCUT2D eigenvalue weighted by molar-refractivity contribution is 0.0530. The number of aromatic nitrogens is 1. The van der Waals surface area contributed by atoms with Crippen LogP contribution in [0.25, 0.3) is 0 Å². The summed E-state index contributed by atoms with van der Waals surface area (Å²) in [4.78, 5) is 21.7. The van der Waals surface area contributed by atoms with E-state index in [1.807, 2.05) is 20.8 Å². The quantitative estimate of drug-likeness (QED) is 0.153. The molecule has 1 heterocycles. The van der Waals surface area contributed by atoms with Crippen LogP contribution in [0.1, 0.15) is 79.3 Å². The summed E-state index contributed by atoms with van der Waals surface area (Å²) in [5.74, 6) is 0.445. The van der Waals surface area contributed by atoms with E-state index in [0.717, 1.165) is 30.5 Å². The molecule has 0 aliphatic heterocycles. The van der Waals surface area contributed by atoms with Gasteiger partial charge in [0, 0.05) is 19.7 Å². The number of halogens is 1. The molecule has 1 aliphatic carbocycles. The van der Waals surface area contributed by atoms with Crippen molar-refractivity contribution >= 4 is 47.2 Å². The number of aliphatic imine (C=N–C) groups is 1. The summed E-state index contributed by atoms with van der Waals surface area (Å²) in [6.07, 6.45) is 6.35. The van der Waals surface area contributed by atoms with Gasteiger partial charge in [-0.15, -0.1) is 35.3 Å². The zero-order chi connectivity index (χ0) is 20.4. The Labute approximate surface area is 195 Å². The summed E-state index contributed by atoms with van der Waals surface area (Å²) in [5, 5.41) is 7.48. The van der Waals surface area contributed by atoms with E-state index in [1.54, 1.807) is 6.92 Å². The summed E-state index contributed by atoms with van der Waals surface area (Å²) >= 11 is 1.37. The summed E-state index contributed by atoms with van der Waals surface area (Å²) in [5.41, 5.74) is 0.707. The van der Waals surface area contributed by atoms with Crippen molar-refractivity contribution < 1.29 is 14.3 Å². The Morgan fingerprint density at radius 2 is 2.07 bits per heavy atom. The summed E-state index contributed by atoms with van der Waals surface area (Å²) in [6.45, 7) is 10.3. The highest BCUT2D eigenvalue weighted by Gasteiger charge is 2.20. The molecule has 0 saturated heterocycles. The standard InChI is InChI=1S/C20H34N4O3S.HI/c1-5-21-20(22-12-9-13-27-16-10-7-8-11-16)24-15(4)18-23-14(3)17(28-18)19(25)26-6-2;/h15-16H,5-13H2,1-4H3,(H2,21,22,24);1H. The van der Waals surface area contributed by atoms with Gasteiger partial charge in [-0.05, 0) is 47.0 Å². The molecule has 0 spiro atoms. The van der Waals surface area contributed by atoms with Crippen molar-refractivity contribution in [2.45, 2.75) is 71.9 Å². The highest BCUT2D eigenvalue weighted by Crippen LogP contribution is 2.24. The molecule has 0 amide bonds. The number of ether oxygens (including phenoxy) is 2. The molecule has 29 heavy (non-hydrogen) atoms. The molecule has 0 aromatic carbocycles. The Balaban J connectivity index is 0.00000420. The first-order chi connectivity index (χ1) is 13.5. The fourth-order valence-electron chi connectivity index (χ4n) is 3.14. The Bertz CT molecular complexity index is 648. The molecule has 1 atom stereocenters. The number of rotatable bonds is 10. The molecule has 1 aromatic heterocycles. The van der Waals surface area contributed by atoms with Gasteiger partial charge in [0.05, 0.1) is 24.4 Å². The number of carbonyl (C=O) groups is 1. The van der Waals surface area contributed by atoms with Crippen LogP contribution < -0.4 is 10.6 Å². The van der Waals surface area contributed by atoms with Crippen LogP contribution in [0.15, 0.2) is 4.99 Å². The van der Waals surface area contributed by atoms with Crippen LogP contribution in [-0.2, 0) is 9.47 Å². The lowest BCUT2D eigenvalue weighted by Crippen LogP contribution is -2.38. The van der Waals surface area contributed by atoms with Crippen molar-refractivity contribution in [3.05, 3.63) is 15.6 Å². The van der Waals surface area contributed by atoms with Gasteiger partial charge >= 0.3 is 5.97 Å². The SMILES string of the molecule is CCNC(=NCCCOC1CCCC1)NC(C)c1nc(C)c(C(=O)OCC)s1.I. The number of hydrogen-bond acceptors (Lipinski definition) is 6. The van der Waals surface area contributed by atoms with Gasteiger partial charge in [0.2, 0.25) is 0 Å². The van der Waals surface area contributed by atoms with Crippen molar-refractivity contribution in [3.63, 3.8) is 0 Å². The number of nitrogens with one attached hydrogen (secondary N) is 2. The largest absolute Gasteiger partial charge is 0.462 e. The fraction of sp³-hybridized carbons (Fsp3) is 0.750. The minimum Gasteiger partial charge on any atom is -0.462 e. The normalized spacial score (nSPS) is 15.7. The lowest BCUT2D eigenvalue weighted by atomic mass is 10.3. The van der Waals surface area contributed by atoms with Gasteiger partial charge < -0.3 is 20.1 Å². The highest BCUT2D eigenvalue weighted by atomic mass is 127. The van der Waals surface area contributed by atoms with E-state index in [0.29, 0.717) is 29.8 Å². The van der Waals surface area contributed by atoms with Gasteiger partial charge in [-0.3, -0.25) is 4.99 Å². The molecule has 1 aliphatic rings. The van der Waals surface area contributed by atoms with E-state index in [-0.39, 0.29) is 36.0 Å². The Hall–Kier alpha value is -0.940. The third-order valence-electron chi connectivity index (χ3n) is 4.57. The van der Waals surface area contributed by atoms with Gasteiger partial charge in [0.15, 0.2) is 5.96 Å². The molecule has 9 heteroatoms. The first-order valence-electron chi connectivity index (χ1n) is 10.4. The predicted octanol–water partition coefficient (Wildman–Crippen LogP) is 4.21. The average Bonchev–Trinajstić information content (AvgIpc) is 3.31. The molecule has 0 radical (unpaired) electrons. The second-order valence-electron chi connectivity index (χ2n) is 6.94. The molecule has 1 unspecified atom stereocenters. The Morgan fingerprint density at radius 1 is 1.34 bits per heavy atom. The second-order valence-corrected chi connectivity index (χ2v) is 7.98. The number of thiazole rings is 1. The van der Waals surface area contributed by atoms with Crippen molar-refractivity contribution in [2.24, 2.45) is 4.99 Å². The Morgan fingerprint density at radius 3 is 2.72 bits per heavy atom. The van der Waals surface area contributed by atoms with Gasteiger partial charge in [0.25, 0.3) is 0 Å². The molecular formula is C20H35IN4O3S. The van der Waals surface area contributed by atoms with Gasteiger partial charge in [0.1, 0.15) is 9.88 Å². The Kier molecular flexibility index (Phi) is 12.7.